The predicted molar refractivity (Wildman–Crippen MR) is 193 cm³/mol. The van der Waals surface area contributed by atoms with Crippen molar-refractivity contribution in [3.63, 3.8) is 0 Å². The van der Waals surface area contributed by atoms with Gasteiger partial charge in [-0.1, -0.05) is 0 Å². The first-order valence-electron chi connectivity index (χ1n) is 12.7. The Kier molecular flexibility index (Phi) is 12.8. The van der Waals surface area contributed by atoms with Crippen LogP contribution in [0.1, 0.15) is 20.7 Å². The number of nitrogens with one attached hydrogen (secondary N) is 2. The molecule has 0 unspecified atom stereocenters. The number of hydrogen-bond acceptors (Lipinski definition) is 9. The molecule has 3 rings (SSSR count). The normalized spacial score (nSPS) is 10.5. The number of carbonyl (C=O) groups excluding carboxylic acids is 2. The van der Waals surface area contributed by atoms with E-state index in [-0.39, 0.29) is 16.8 Å². The molecule has 18 heteroatoms. The van der Waals surface area contributed by atoms with Gasteiger partial charge in [-0.2, -0.15) is 0 Å². The fraction of sp³-hybridized carbons (Fsp3) is 0.143. The van der Waals surface area contributed by atoms with Crippen molar-refractivity contribution in [2.24, 2.45) is 0 Å². The second-order valence-corrected chi connectivity index (χ2v) is 12.6. The third kappa shape index (κ3) is 9.54. The zero-order chi connectivity index (χ0) is 34.3. The molecule has 8 N–H and O–H groups in total. The van der Waals surface area contributed by atoms with E-state index >= 15 is 0 Å². The number of rotatable bonds is 14. The highest BCUT2D eigenvalue weighted by Gasteiger charge is 2.27. The van der Waals surface area contributed by atoms with Gasteiger partial charge >= 0.3 is 23.9 Å². The first kappa shape index (κ1) is 36.5. The number of carboxylic acids is 4. The molecule has 0 saturated carbocycles. The summed E-state index contributed by atoms with van der Waals surface area (Å²) in [4.78, 5) is 73.8. The highest BCUT2D eigenvalue weighted by Crippen LogP contribution is 2.35. The van der Waals surface area contributed by atoms with E-state index in [1.165, 1.54) is 48.5 Å². The summed E-state index contributed by atoms with van der Waals surface area (Å²) >= 11 is 5.69. The maximum atomic E-state index is 13.5. The molecule has 0 aromatic heterocycles. The number of hydrogen-bond donors (Lipinski definition) is 7. The predicted octanol–water partition coefficient (Wildman–Crippen LogP) is 3.54. The molecular formula is C28H24I3N5O10. The summed E-state index contributed by atoms with van der Waals surface area (Å²) in [5.41, 5.74) is 8.00. The molecule has 0 radical (unpaired) electrons. The van der Waals surface area contributed by atoms with Crippen molar-refractivity contribution >= 4 is 132 Å². The van der Waals surface area contributed by atoms with Crippen molar-refractivity contribution < 1.29 is 49.2 Å². The van der Waals surface area contributed by atoms with Gasteiger partial charge in [0.2, 0.25) is 0 Å². The molecule has 0 saturated heterocycles. The zero-order valence-electron chi connectivity index (χ0n) is 23.3. The summed E-state index contributed by atoms with van der Waals surface area (Å²) in [6.07, 6.45) is 0. The average Bonchev–Trinajstić information content (AvgIpc) is 2.95. The van der Waals surface area contributed by atoms with Crippen LogP contribution in [0.15, 0.2) is 48.5 Å². The van der Waals surface area contributed by atoms with Gasteiger partial charge in [0, 0.05) is 26.3 Å². The van der Waals surface area contributed by atoms with Gasteiger partial charge in [0.25, 0.3) is 11.8 Å². The minimum atomic E-state index is -1.21. The summed E-state index contributed by atoms with van der Waals surface area (Å²) in [5.74, 6) is -6.04. The molecule has 0 heterocycles. The van der Waals surface area contributed by atoms with Crippen LogP contribution >= 0.6 is 67.8 Å². The van der Waals surface area contributed by atoms with Gasteiger partial charge < -0.3 is 46.6 Å². The van der Waals surface area contributed by atoms with Crippen LogP contribution in [0.4, 0.5) is 28.4 Å². The van der Waals surface area contributed by atoms with Crippen molar-refractivity contribution in [3.8, 4) is 0 Å². The molecular weight excluding hydrogens is 947 g/mol. The van der Waals surface area contributed by atoms with Gasteiger partial charge in [-0.15, -0.1) is 0 Å². The van der Waals surface area contributed by atoms with Gasteiger partial charge in [-0.25, -0.2) is 0 Å². The summed E-state index contributed by atoms with van der Waals surface area (Å²) in [5, 5.41) is 41.9. The largest absolute Gasteiger partial charge is 0.480 e. The molecule has 0 bridgehead atoms. The first-order chi connectivity index (χ1) is 21.6. The van der Waals surface area contributed by atoms with Crippen molar-refractivity contribution in [3.05, 3.63) is 70.4 Å². The van der Waals surface area contributed by atoms with Crippen molar-refractivity contribution in [1.29, 1.82) is 0 Å². The standard InChI is InChI=1S/C28H24I3N5O10/c29-23-21(27(45)33-13-1-5-15(6-2-13)35(9-17(37)38)10-18(39)40)24(30)26(32)25(31)22(23)28(46)34-14-3-7-16(8-4-14)36(11-19(41)42)12-20(43)44/h1-8H,9-12,32H2,(H,33,45)(H,34,46)(H,37,38)(H,39,40)(H,41,42)(H,43,44). The second-order valence-electron chi connectivity index (χ2n) is 9.39. The number of carboxylic acid groups (broad SMARTS) is 4. The Bertz CT molecular complexity index is 1550. The monoisotopic (exact) mass is 971 g/mol. The first-order valence-corrected chi connectivity index (χ1v) is 16.0. The van der Waals surface area contributed by atoms with E-state index in [0.717, 1.165) is 9.80 Å². The number of benzene rings is 3. The van der Waals surface area contributed by atoms with Gasteiger partial charge in [0.05, 0.1) is 24.0 Å². The number of carbonyl (C=O) groups is 6. The van der Waals surface area contributed by atoms with Crippen molar-refractivity contribution in [2.45, 2.75) is 0 Å². The van der Waals surface area contributed by atoms with E-state index in [2.05, 4.69) is 10.6 Å². The fourth-order valence-corrected chi connectivity index (χ4v) is 8.26. The summed E-state index contributed by atoms with van der Waals surface area (Å²) in [6.45, 7) is -2.17. The van der Waals surface area contributed by atoms with Crippen LogP contribution in [0.25, 0.3) is 0 Å². The SMILES string of the molecule is Nc1c(I)c(C(=O)Nc2ccc(N(CC(=O)O)CC(=O)O)cc2)c(I)c(C(=O)Nc2ccc(N(CC(=O)O)CC(=O)O)cc2)c1I. The highest BCUT2D eigenvalue weighted by atomic mass is 127. The lowest BCUT2D eigenvalue weighted by Crippen LogP contribution is -2.34. The molecule has 242 valence electrons. The molecule has 3 aromatic rings. The van der Waals surface area contributed by atoms with Crippen LogP contribution in [0.5, 0.6) is 0 Å². The topological polar surface area (TPSA) is 240 Å². The number of halogens is 3. The Balaban J connectivity index is 1.86. The Morgan fingerprint density at radius 2 is 0.826 bits per heavy atom. The van der Waals surface area contributed by atoms with Crippen molar-refractivity contribution in [2.75, 3.05) is 52.3 Å². The lowest BCUT2D eigenvalue weighted by atomic mass is 10.1. The molecule has 2 amide bonds. The number of amides is 2. The molecule has 0 aliphatic carbocycles. The number of nitrogens with zero attached hydrogens (tertiary/aromatic N) is 2. The van der Waals surface area contributed by atoms with Gasteiger partial charge in [0.15, 0.2) is 0 Å². The Labute approximate surface area is 301 Å². The maximum absolute atomic E-state index is 13.5. The summed E-state index contributed by atoms with van der Waals surface area (Å²) in [6, 6.07) is 11.8. The number of aliphatic carboxylic acids is 4. The molecule has 15 nitrogen and oxygen atoms in total. The highest BCUT2D eigenvalue weighted by molar-refractivity contribution is 14.1. The second kappa shape index (κ2) is 16.1. The molecule has 0 fully saturated rings. The summed E-state index contributed by atoms with van der Waals surface area (Å²) < 4.78 is 1.09. The van der Waals surface area contributed by atoms with Crippen LogP contribution < -0.4 is 26.2 Å². The minimum Gasteiger partial charge on any atom is -0.480 e. The van der Waals surface area contributed by atoms with E-state index in [0.29, 0.717) is 33.5 Å². The third-order valence-electron chi connectivity index (χ3n) is 6.09. The number of nitrogens with two attached hydrogens (primary N) is 1. The molecule has 46 heavy (non-hydrogen) atoms. The molecule has 3 aromatic carbocycles. The van der Waals surface area contributed by atoms with E-state index in [9.17, 15) is 28.8 Å². The van der Waals surface area contributed by atoms with Gasteiger partial charge in [-0.3, -0.25) is 28.8 Å². The van der Waals surface area contributed by atoms with E-state index in [4.69, 9.17) is 26.2 Å². The minimum absolute atomic E-state index is 0.125. The average molecular weight is 971 g/mol. The molecule has 0 atom stereocenters. The lowest BCUT2D eigenvalue weighted by molar-refractivity contribution is -0.138. The molecule has 0 aliphatic heterocycles. The smallest absolute Gasteiger partial charge is 0.323 e. The van der Waals surface area contributed by atoms with Crippen molar-refractivity contribution in [1.82, 2.24) is 0 Å². The number of anilines is 5. The van der Waals surface area contributed by atoms with Crippen LogP contribution in [-0.2, 0) is 19.2 Å². The Morgan fingerprint density at radius 3 is 1.09 bits per heavy atom. The molecule has 0 spiro atoms. The van der Waals surface area contributed by atoms with Gasteiger partial charge in [0.1, 0.15) is 26.2 Å². The fourth-order valence-electron chi connectivity index (χ4n) is 4.11. The van der Waals surface area contributed by atoms with Crippen LogP contribution in [-0.4, -0.2) is 82.3 Å². The quantitative estimate of drug-likeness (QED) is 0.0906. The lowest BCUT2D eigenvalue weighted by Gasteiger charge is -2.21. The summed E-state index contributed by atoms with van der Waals surface area (Å²) in [7, 11) is 0. The van der Waals surface area contributed by atoms with E-state index in [1.807, 2.05) is 67.8 Å². The molecule has 0 aliphatic rings. The Morgan fingerprint density at radius 1 is 0.543 bits per heavy atom. The van der Waals surface area contributed by atoms with Crippen LogP contribution in [0, 0.1) is 10.7 Å². The van der Waals surface area contributed by atoms with Crippen LogP contribution in [0.3, 0.4) is 0 Å². The van der Waals surface area contributed by atoms with Gasteiger partial charge in [-0.05, 0) is 116 Å². The Hall–Kier alpha value is -3.93. The zero-order valence-corrected chi connectivity index (χ0v) is 29.8. The third-order valence-corrected chi connectivity index (χ3v) is 9.41. The van der Waals surface area contributed by atoms with Crippen LogP contribution in [0.2, 0.25) is 0 Å². The number of nitrogen functional groups attached to an aromatic ring is 1. The maximum Gasteiger partial charge on any atom is 0.323 e. The van der Waals surface area contributed by atoms with E-state index in [1.54, 1.807) is 0 Å². The van der Waals surface area contributed by atoms with E-state index < -0.39 is 61.9 Å².